The number of fused-ring (bicyclic) bond motifs is 1. The maximum atomic E-state index is 11.0. The summed E-state index contributed by atoms with van der Waals surface area (Å²) in [5.74, 6) is 0.211. The van der Waals surface area contributed by atoms with E-state index in [1.54, 1.807) is 26.2 Å². The van der Waals surface area contributed by atoms with Gasteiger partial charge in [0.05, 0.1) is 19.7 Å². The van der Waals surface area contributed by atoms with Crippen LogP contribution in [0.15, 0.2) is 12.1 Å². The molecule has 0 radical (unpaired) electrons. The number of aromatic amines is 1. The van der Waals surface area contributed by atoms with Gasteiger partial charge >= 0.3 is 5.97 Å². The van der Waals surface area contributed by atoms with Gasteiger partial charge in [-0.15, -0.1) is 0 Å². The molecule has 0 aliphatic heterocycles. The summed E-state index contributed by atoms with van der Waals surface area (Å²) >= 11 is 0. The zero-order valence-corrected chi connectivity index (χ0v) is 9.83. The lowest BCUT2D eigenvalue weighted by Gasteiger charge is -2.05. The molecule has 0 fully saturated rings. The monoisotopic (exact) mass is 235 g/mol. The lowest BCUT2D eigenvalue weighted by molar-refractivity contribution is 0.0691. The standard InChI is InChI=1S/C12H13NO4/c1-6-8-4-7(16-2)5-9(17-3)11(8)13-10(6)12(14)15/h4-5,13H,1-3H3,(H,14,15). The summed E-state index contributed by atoms with van der Waals surface area (Å²) in [6, 6.07) is 3.50. The molecule has 90 valence electrons. The molecule has 2 aromatic rings. The highest BCUT2D eigenvalue weighted by atomic mass is 16.5. The molecule has 0 saturated carbocycles. The van der Waals surface area contributed by atoms with E-state index in [2.05, 4.69) is 4.98 Å². The Morgan fingerprint density at radius 1 is 1.29 bits per heavy atom. The Morgan fingerprint density at radius 3 is 2.53 bits per heavy atom. The number of ether oxygens (including phenoxy) is 2. The van der Waals surface area contributed by atoms with Gasteiger partial charge in [-0.25, -0.2) is 4.79 Å². The van der Waals surface area contributed by atoms with Crippen molar-refractivity contribution in [3.63, 3.8) is 0 Å². The third kappa shape index (κ3) is 1.69. The van der Waals surface area contributed by atoms with Gasteiger partial charge in [-0.05, 0) is 18.6 Å². The maximum Gasteiger partial charge on any atom is 0.352 e. The summed E-state index contributed by atoms with van der Waals surface area (Å²) in [4.78, 5) is 13.9. The fourth-order valence-corrected chi connectivity index (χ4v) is 1.86. The number of methoxy groups -OCH3 is 2. The van der Waals surface area contributed by atoms with Gasteiger partial charge in [0, 0.05) is 11.5 Å². The first-order chi connectivity index (χ1) is 8.08. The number of carbonyl (C=O) groups is 1. The first kappa shape index (κ1) is 11.3. The molecule has 0 unspecified atom stereocenters. The van der Waals surface area contributed by atoms with Crippen LogP contribution >= 0.6 is 0 Å². The third-order valence-corrected chi connectivity index (χ3v) is 2.77. The molecule has 0 atom stereocenters. The van der Waals surface area contributed by atoms with E-state index in [4.69, 9.17) is 14.6 Å². The molecular weight excluding hydrogens is 222 g/mol. The van der Waals surface area contributed by atoms with Crippen molar-refractivity contribution in [1.82, 2.24) is 4.98 Å². The minimum Gasteiger partial charge on any atom is -0.497 e. The van der Waals surface area contributed by atoms with E-state index in [0.29, 0.717) is 22.6 Å². The van der Waals surface area contributed by atoms with Crippen molar-refractivity contribution in [2.75, 3.05) is 14.2 Å². The number of aromatic nitrogens is 1. The molecule has 17 heavy (non-hydrogen) atoms. The summed E-state index contributed by atoms with van der Waals surface area (Å²) in [5, 5.41) is 9.84. The average Bonchev–Trinajstić information content (AvgIpc) is 2.66. The Bertz CT molecular complexity index is 586. The summed E-state index contributed by atoms with van der Waals surface area (Å²) in [6.45, 7) is 1.75. The minimum absolute atomic E-state index is 0.173. The first-order valence-corrected chi connectivity index (χ1v) is 5.06. The highest BCUT2D eigenvalue weighted by Gasteiger charge is 2.17. The molecule has 1 heterocycles. The van der Waals surface area contributed by atoms with Gasteiger partial charge < -0.3 is 19.6 Å². The molecule has 0 bridgehead atoms. The zero-order valence-electron chi connectivity index (χ0n) is 9.83. The van der Waals surface area contributed by atoms with Gasteiger partial charge in [0.15, 0.2) is 0 Å². The van der Waals surface area contributed by atoms with Gasteiger partial charge in [0.2, 0.25) is 0 Å². The van der Waals surface area contributed by atoms with Gasteiger partial charge in [-0.2, -0.15) is 0 Å². The van der Waals surface area contributed by atoms with Gasteiger partial charge in [-0.1, -0.05) is 0 Å². The predicted molar refractivity (Wildman–Crippen MR) is 63.1 cm³/mol. The number of hydrogen-bond donors (Lipinski definition) is 2. The van der Waals surface area contributed by atoms with Crippen molar-refractivity contribution in [2.24, 2.45) is 0 Å². The SMILES string of the molecule is COc1cc(OC)c2[nH]c(C(=O)O)c(C)c2c1. The van der Waals surface area contributed by atoms with Crippen molar-refractivity contribution in [3.8, 4) is 11.5 Å². The lowest BCUT2D eigenvalue weighted by Crippen LogP contribution is -1.98. The highest BCUT2D eigenvalue weighted by molar-refractivity contribution is 5.99. The number of aryl methyl sites for hydroxylation is 1. The van der Waals surface area contributed by atoms with E-state index in [1.165, 1.54) is 7.11 Å². The van der Waals surface area contributed by atoms with Crippen molar-refractivity contribution < 1.29 is 19.4 Å². The second-order valence-corrected chi connectivity index (χ2v) is 3.68. The summed E-state index contributed by atoms with van der Waals surface area (Å²) in [6.07, 6.45) is 0. The number of benzene rings is 1. The number of rotatable bonds is 3. The van der Waals surface area contributed by atoms with Crippen molar-refractivity contribution in [3.05, 3.63) is 23.4 Å². The molecule has 2 rings (SSSR count). The van der Waals surface area contributed by atoms with Gasteiger partial charge in [0.25, 0.3) is 0 Å². The predicted octanol–water partition coefficient (Wildman–Crippen LogP) is 2.19. The quantitative estimate of drug-likeness (QED) is 0.855. The Labute approximate surface area is 98.0 Å². The number of carboxylic acid groups (broad SMARTS) is 1. The molecule has 5 nitrogen and oxygen atoms in total. The molecule has 1 aromatic heterocycles. The summed E-state index contributed by atoms with van der Waals surface area (Å²) in [7, 11) is 3.09. The third-order valence-electron chi connectivity index (χ3n) is 2.77. The van der Waals surface area contributed by atoms with E-state index in [9.17, 15) is 4.79 Å². The number of nitrogens with one attached hydrogen (secondary N) is 1. The van der Waals surface area contributed by atoms with Crippen LogP contribution in [0.5, 0.6) is 11.5 Å². The maximum absolute atomic E-state index is 11.0. The van der Waals surface area contributed by atoms with Crippen molar-refractivity contribution in [1.29, 1.82) is 0 Å². The van der Waals surface area contributed by atoms with Crippen molar-refractivity contribution in [2.45, 2.75) is 6.92 Å². The van der Waals surface area contributed by atoms with Crippen LogP contribution < -0.4 is 9.47 Å². The molecule has 2 N–H and O–H groups in total. The van der Waals surface area contributed by atoms with Crippen LogP contribution in [-0.4, -0.2) is 30.3 Å². The molecular formula is C12H13NO4. The van der Waals surface area contributed by atoms with E-state index >= 15 is 0 Å². The fourth-order valence-electron chi connectivity index (χ4n) is 1.86. The topological polar surface area (TPSA) is 71.5 Å². The highest BCUT2D eigenvalue weighted by Crippen LogP contribution is 2.33. The number of hydrogen-bond acceptors (Lipinski definition) is 3. The molecule has 0 aliphatic rings. The summed E-state index contributed by atoms with van der Waals surface area (Å²) in [5.41, 5.74) is 1.51. The molecule has 5 heteroatoms. The van der Waals surface area contributed by atoms with Crippen molar-refractivity contribution >= 4 is 16.9 Å². The van der Waals surface area contributed by atoms with Crippen LogP contribution in [0.1, 0.15) is 16.1 Å². The molecule has 0 saturated heterocycles. The Kier molecular flexibility index (Phi) is 2.67. The van der Waals surface area contributed by atoms with Crippen LogP contribution in [0.4, 0.5) is 0 Å². The number of aromatic carboxylic acids is 1. The Balaban J connectivity index is 2.81. The molecule has 0 amide bonds. The Hall–Kier alpha value is -2.17. The van der Waals surface area contributed by atoms with Crippen LogP contribution in [0.2, 0.25) is 0 Å². The minimum atomic E-state index is -0.986. The van der Waals surface area contributed by atoms with E-state index in [1.807, 2.05) is 0 Å². The second-order valence-electron chi connectivity index (χ2n) is 3.68. The smallest absolute Gasteiger partial charge is 0.352 e. The molecule has 0 spiro atoms. The van der Waals surface area contributed by atoms with E-state index < -0.39 is 5.97 Å². The zero-order chi connectivity index (χ0) is 12.6. The molecule has 0 aliphatic carbocycles. The molecule has 1 aromatic carbocycles. The van der Waals surface area contributed by atoms with E-state index in [-0.39, 0.29) is 5.69 Å². The summed E-state index contributed by atoms with van der Waals surface area (Å²) < 4.78 is 10.4. The number of H-pyrrole nitrogens is 1. The fraction of sp³-hybridized carbons (Fsp3) is 0.250. The Morgan fingerprint density at radius 2 is 2.00 bits per heavy atom. The van der Waals surface area contributed by atoms with Gasteiger partial charge in [0.1, 0.15) is 17.2 Å². The average molecular weight is 235 g/mol. The first-order valence-electron chi connectivity index (χ1n) is 5.06. The van der Waals surface area contributed by atoms with Gasteiger partial charge in [-0.3, -0.25) is 0 Å². The van der Waals surface area contributed by atoms with Crippen LogP contribution in [0, 0.1) is 6.92 Å². The van der Waals surface area contributed by atoms with Crippen LogP contribution in [0.25, 0.3) is 10.9 Å². The second kappa shape index (κ2) is 4.01. The largest absolute Gasteiger partial charge is 0.497 e. The number of carboxylic acids is 1. The normalized spacial score (nSPS) is 10.5. The van der Waals surface area contributed by atoms with Crippen LogP contribution in [0.3, 0.4) is 0 Å². The lowest BCUT2D eigenvalue weighted by atomic mass is 10.1. The van der Waals surface area contributed by atoms with E-state index in [0.717, 1.165) is 5.39 Å². The van der Waals surface area contributed by atoms with Crippen LogP contribution in [-0.2, 0) is 0 Å².